The predicted octanol–water partition coefficient (Wildman–Crippen LogP) is 4.79. The lowest BCUT2D eigenvalue weighted by Gasteiger charge is -2.21. The first-order valence-corrected chi connectivity index (χ1v) is 10.5. The molecule has 10 heteroatoms. The molecule has 0 bridgehead atoms. The van der Waals surface area contributed by atoms with E-state index in [2.05, 4.69) is 15.1 Å². The Labute approximate surface area is 180 Å². The molecule has 0 aliphatic rings. The maximum Gasteiger partial charge on any atom is 0.406 e. The number of amides is 1. The van der Waals surface area contributed by atoms with E-state index in [9.17, 15) is 18.0 Å². The second-order valence-corrected chi connectivity index (χ2v) is 8.22. The topological polar surface area (TPSA) is 63.4 Å². The smallest absolute Gasteiger partial charge is 0.279 e. The summed E-state index contributed by atoms with van der Waals surface area (Å²) in [5, 5.41) is 7.18. The Bertz CT molecular complexity index is 1280. The molecule has 0 fully saturated rings. The predicted molar refractivity (Wildman–Crippen MR) is 114 cm³/mol. The normalized spacial score (nSPS) is 12.1. The van der Waals surface area contributed by atoms with Gasteiger partial charge in [-0.15, -0.1) is 11.3 Å². The average molecular weight is 447 g/mol. The number of anilines is 1. The highest BCUT2D eigenvalue weighted by Gasteiger charge is 2.35. The van der Waals surface area contributed by atoms with Crippen molar-refractivity contribution in [3.05, 3.63) is 52.3 Å². The minimum absolute atomic E-state index is 0.0557. The first-order valence-electron chi connectivity index (χ1n) is 9.67. The molecule has 0 aliphatic heterocycles. The van der Waals surface area contributed by atoms with Crippen LogP contribution in [0.25, 0.3) is 16.6 Å². The summed E-state index contributed by atoms with van der Waals surface area (Å²) in [6.07, 6.45) is -4.35. The van der Waals surface area contributed by atoms with Crippen LogP contribution in [0.5, 0.6) is 0 Å². The summed E-state index contributed by atoms with van der Waals surface area (Å²) in [6, 6.07) is 7.65. The van der Waals surface area contributed by atoms with E-state index in [0.717, 1.165) is 49.7 Å². The summed E-state index contributed by atoms with van der Waals surface area (Å²) in [6.45, 7) is 4.04. The molecule has 0 saturated heterocycles. The van der Waals surface area contributed by atoms with Gasteiger partial charge in [0, 0.05) is 28.6 Å². The van der Waals surface area contributed by atoms with E-state index in [-0.39, 0.29) is 18.0 Å². The van der Waals surface area contributed by atoms with Gasteiger partial charge in [0.15, 0.2) is 10.8 Å². The molecule has 162 valence electrons. The van der Waals surface area contributed by atoms with Gasteiger partial charge >= 0.3 is 6.18 Å². The summed E-state index contributed by atoms with van der Waals surface area (Å²) in [7, 11) is 0. The number of alkyl halides is 3. The summed E-state index contributed by atoms with van der Waals surface area (Å²) in [4.78, 5) is 22.2. The fraction of sp³-hybridized carbons (Fsp3) is 0.333. The largest absolute Gasteiger partial charge is 0.406 e. The van der Waals surface area contributed by atoms with E-state index in [1.165, 1.54) is 0 Å². The Morgan fingerprint density at radius 3 is 2.58 bits per heavy atom. The number of aryl methyl sites for hydroxylation is 3. The second kappa shape index (κ2) is 7.92. The van der Waals surface area contributed by atoms with Crippen molar-refractivity contribution in [3.8, 4) is 0 Å². The Kier molecular flexibility index (Phi) is 5.42. The Hall–Kier alpha value is -3.01. The molecule has 31 heavy (non-hydrogen) atoms. The zero-order valence-electron chi connectivity index (χ0n) is 17.2. The van der Waals surface area contributed by atoms with Crippen molar-refractivity contribution in [2.75, 3.05) is 11.4 Å². The number of hydrogen-bond acceptors (Lipinski definition) is 5. The van der Waals surface area contributed by atoms with Gasteiger partial charge in [-0.1, -0.05) is 12.1 Å². The Morgan fingerprint density at radius 1 is 1.16 bits per heavy atom. The van der Waals surface area contributed by atoms with Gasteiger partial charge in [-0.25, -0.2) is 14.5 Å². The molecule has 0 radical (unpaired) electrons. The van der Waals surface area contributed by atoms with Crippen LogP contribution in [-0.4, -0.2) is 38.2 Å². The molecule has 0 N–H and O–H groups in total. The number of carbonyl (C=O) groups excluding carboxylic acids is 1. The third kappa shape index (κ3) is 4.25. The van der Waals surface area contributed by atoms with Gasteiger partial charge in [-0.05, 0) is 44.9 Å². The maximum absolute atomic E-state index is 13.1. The molecule has 6 nitrogen and oxygen atoms in total. The van der Waals surface area contributed by atoms with Crippen molar-refractivity contribution < 1.29 is 18.0 Å². The molecular formula is C21H20F3N5OS. The van der Waals surface area contributed by atoms with Crippen LogP contribution in [0.4, 0.5) is 18.3 Å². The highest BCUT2D eigenvalue weighted by Crippen LogP contribution is 2.27. The average Bonchev–Trinajstić information content (AvgIpc) is 3.29. The van der Waals surface area contributed by atoms with E-state index in [4.69, 9.17) is 0 Å². The molecule has 0 unspecified atom stereocenters. The van der Waals surface area contributed by atoms with Crippen molar-refractivity contribution in [3.63, 3.8) is 0 Å². The summed E-state index contributed by atoms with van der Waals surface area (Å²) in [5.41, 5.74) is 4.46. The lowest BCUT2D eigenvalue weighted by atomic mass is 10.1. The van der Waals surface area contributed by atoms with Gasteiger partial charge in [0.05, 0.1) is 11.2 Å². The van der Waals surface area contributed by atoms with Gasteiger partial charge < -0.3 is 0 Å². The van der Waals surface area contributed by atoms with Crippen molar-refractivity contribution >= 4 is 38.9 Å². The van der Waals surface area contributed by atoms with Crippen LogP contribution in [0.2, 0.25) is 0 Å². The molecule has 4 rings (SSSR count). The Balaban J connectivity index is 1.62. The fourth-order valence-corrected chi connectivity index (χ4v) is 4.43. The van der Waals surface area contributed by atoms with Crippen LogP contribution >= 0.6 is 11.3 Å². The highest BCUT2D eigenvalue weighted by atomic mass is 32.1. The molecule has 0 saturated carbocycles. The van der Waals surface area contributed by atoms with Crippen LogP contribution < -0.4 is 4.90 Å². The SMILES string of the molecule is Cc1csc(N(CC(F)(F)F)C(=O)CCc2c(C)nc3c4ccccc4nn3c2C)n1. The lowest BCUT2D eigenvalue weighted by molar-refractivity contribution is -0.132. The second-order valence-electron chi connectivity index (χ2n) is 7.38. The highest BCUT2D eigenvalue weighted by molar-refractivity contribution is 7.14. The van der Waals surface area contributed by atoms with Gasteiger partial charge in [0.1, 0.15) is 6.54 Å². The number of thiazole rings is 1. The number of nitrogens with zero attached hydrogens (tertiary/aromatic N) is 5. The molecule has 0 aliphatic carbocycles. The van der Waals surface area contributed by atoms with Gasteiger partial charge in [0.25, 0.3) is 0 Å². The number of benzene rings is 1. The molecule has 4 aromatic rings. The number of carbonyl (C=O) groups is 1. The minimum atomic E-state index is -4.52. The number of rotatable bonds is 5. The number of hydrogen-bond donors (Lipinski definition) is 0. The zero-order chi connectivity index (χ0) is 22.3. The van der Waals surface area contributed by atoms with Gasteiger partial charge in [0.2, 0.25) is 5.91 Å². The first kappa shape index (κ1) is 21.2. The zero-order valence-corrected chi connectivity index (χ0v) is 18.0. The fourth-order valence-electron chi connectivity index (χ4n) is 3.61. The van der Waals surface area contributed by atoms with Crippen LogP contribution in [0.15, 0.2) is 29.6 Å². The summed E-state index contributed by atoms with van der Waals surface area (Å²) in [5.74, 6) is -0.629. The molecular weight excluding hydrogens is 427 g/mol. The van der Waals surface area contributed by atoms with E-state index in [1.807, 2.05) is 38.1 Å². The third-order valence-electron chi connectivity index (χ3n) is 5.08. The van der Waals surface area contributed by atoms with Gasteiger partial charge in [-0.2, -0.15) is 18.3 Å². The monoisotopic (exact) mass is 447 g/mol. The molecule has 0 spiro atoms. The first-order chi connectivity index (χ1) is 14.6. The number of halogens is 3. The van der Waals surface area contributed by atoms with Crippen molar-refractivity contribution in [2.24, 2.45) is 0 Å². The van der Waals surface area contributed by atoms with E-state index < -0.39 is 18.6 Å². The number of fused-ring (bicyclic) bond motifs is 3. The molecule has 3 heterocycles. The van der Waals surface area contributed by atoms with Crippen LogP contribution in [0.1, 0.15) is 29.1 Å². The molecule has 0 atom stereocenters. The third-order valence-corrected chi connectivity index (χ3v) is 6.06. The van der Waals surface area contributed by atoms with Crippen molar-refractivity contribution in [1.29, 1.82) is 0 Å². The van der Waals surface area contributed by atoms with Crippen LogP contribution in [0, 0.1) is 20.8 Å². The standard InChI is InChI=1S/C21H20F3N5OS/c1-12-10-31-20(25-12)28(11-21(22,23)24)18(30)9-8-15-13(2)26-19-16-6-4-5-7-17(16)27-29(19)14(15)3/h4-7,10H,8-9,11H2,1-3H3. The molecule has 1 amide bonds. The Morgan fingerprint density at radius 2 is 1.90 bits per heavy atom. The quantitative estimate of drug-likeness (QED) is 0.441. The van der Waals surface area contributed by atoms with E-state index in [0.29, 0.717) is 5.69 Å². The molecule has 1 aromatic carbocycles. The lowest BCUT2D eigenvalue weighted by Crippen LogP contribution is -2.39. The van der Waals surface area contributed by atoms with E-state index >= 15 is 0 Å². The van der Waals surface area contributed by atoms with Crippen LogP contribution in [-0.2, 0) is 11.2 Å². The van der Waals surface area contributed by atoms with E-state index in [1.54, 1.807) is 16.8 Å². The summed E-state index contributed by atoms with van der Waals surface area (Å²) >= 11 is 1.03. The maximum atomic E-state index is 13.1. The summed E-state index contributed by atoms with van der Waals surface area (Å²) < 4.78 is 41.0. The van der Waals surface area contributed by atoms with Gasteiger partial charge in [-0.3, -0.25) is 9.69 Å². The van der Waals surface area contributed by atoms with Crippen molar-refractivity contribution in [2.45, 2.75) is 39.8 Å². The van der Waals surface area contributed by atoms with Crippen molar-refractivity contribution in [1.82, 2.24) is 19.6 Å². The van der Waals surface area contributed by atoms with Crippen LogP contribution in [0.3, 0.4) is 0 Å². The minimum Gasteiger partial charge on any atom is -0.279 e. The number of aromatic nitrogens is 4. The molecule has 3 aromatic heterocycles.